The van der Waals surface area contributed by atoms with Gasteiger partial charge in [0.1, 0.15) is 17.6 Å². The van der Waals surface area contributed by atoms with Crippen LogP contribution in [0.3, 0.4) is 0 Å². The topological polar surface area (TPSA) is 104 Å². The van der Waals surface area contributed by atoms with Crippen LogP contribution in [0, 0.1) is 22.7 Å². The Morgan fingerprint density at radius 2 is 2.08 bits per heavy atom. The molecular weight excluding hydrogens is 320 g/mol. The highest BCUT2D eigenvalue weighted by atomic mass is 16.2. The third-order valence-corrected chi connectivity index (χ3v) is 5.03. The third-order valence-electron chi connectivity index (χ3n) is 5.03. The predicted molar refractivity (Wildman–Crippen MR) is 88.7 cm³/mol. The van der Waals surface area contributed by atoms with Crippen molar-refractivity contribution in [3.05, 3.63) is 12.2 Å². The van der Waals surface area contributed by atoms with E-state index in [4.69, 9.17) is 0 Å². The fourth-order valence-corrected chi connectivity index (χ4v) is 3.71. The molecule has 1 aliphatic heterocycles. The second-order valence-corrected chi connectivity index (χ2v) is 7.31. The van der Waals surface area contributed by atoms with Crippen LogP contribution >= 0.6 is 0 Å². The molecule has 1 aliphatic carbocycles. The maximum atomic E-state index is 13.1. The number of nitrogens with zero attached hydrogens (tertiary/aromatic N) is 5. The minimum Gasteiger partial charge on any atom is -0.354 e. The van der Waals surface area contributed by atoms with Gasteiger partial charge in [-0.1, -0.05) is 12.8 Å². The first-order chi connectivity index (χ1) is 11.9. The van der Waals surface area contributed by atoms with E-state index in [1.165, 1.54) is 6.33 Å². The minimum atomic E-state index is -0.950. The molecule has 3 rings (SSSR count). The van der Waals surface area contributed by atoms with Gasteiger partial charge >= 0.3 is 0 Å². The van der Waals surface area contributed by atoms with Crippen LogP contribution in [0.15, 0.2) is 6.33 Å². The summed E-state index contributed by atoms with van der Waals surface area (Å²) >= 11 is 0. The zero-order valence-corrected chi connectivity index (χ0v) is 14.7. The van der Waals surface area contributed by atoms with Crippen molar-refractivity contribution in [2.45, 2.75) is 58.7 Å². The molecule has 0 aromatic carbocycles. The molecule has 1 unspecified atom stereocenters. The SMILES string of the molecule is CC(C)NC(=O)C1CN(C(=O)C2(C#N)CCCC2)Cc2ncnn2C1. The van der Waals surface area contributed by atoms with Crippen molar-refractivity contribution < 1.29 is 9.59 Å². The van der Waals surface area contributed by atoms with E-state index in [9.17, 15) is 14.9 Å². The Bertz CT molecular complexity index is 698. The Kier molecular flexibility index (Phi) is 4.75. The summed E-state index contributed by atoms with van der Waals surface area (Å²) in [5.74, 6) is -0.0365. The molecule has 1 aromatic rings. The monoisotopic (exact) mass is 344 g/mol. The third kappa shape index (κ3) is 3.36. The number of aromatic nitrogens is 3. The molecule has 0 spiro atoms. The van der Waals surface area contributed by atoms with Crippen molar-refractivity contribution >= 4 is 11.8 Å². The van der Waals surface area contributed by atoms with Crippen LogP contribution in [-0.4, -0.2) is 44.1 Å². The lowest BCUT2D eigenvalue weighted by Crippen LogP contribution is -2.47. The van der Waals surface area contributed by atoms with Crippen LogP contribution in [0.1, 0.15) is 45.4 Å². The molecule has 1 aromatic heterocycles. The molecule has 134 valence electrons. The summed E-state index contributed by atoms with van der Waals surface area (Å²) in [4.78, 5) is 31.6. The molecule has 2 heterocycles. The maximum absolute atomic E-state index is 13.1. The van der Waals surface area contributed by atoms with Crippen LogP contribution in [0.2, 0.25) is 0 Å². The van der Waals surface area contributed by atoms with Crippen LogP contribution in [0.4, 0.5) is 0 Å². The van der Waals surface area contributed by atoms with E-state index in [2.05, 4.69) is 21.5 Å². The fraction of sp³-hybridized carbons (Fsp3) is 0.706. The fourth-order valence-electron chi connectivity index (χ4n) is 3.71. The van der Waals surface area contributed by atoms with Crippen molar-refractivity contribution in [1.29, 1.82) is 5.26 Å². The lowest BCUT2D eigenvalue weighted by atomic mass is 9.86. The number of carbonyl (C=O) groups excluding carboxylic acids is 2. The largest absolute Gasteiger partial charge is 0.354 e. The second-order valence-electron chi connectivity index (χ2n) is 7.31. The Labute approximate surface area is 147 Å². The number of hydrogen-bond acceptors (Lipinski definition) is 5. The number of amides is 2. The van der Waals surface area contributed by atoms with Crippen LogP contribution in [0.5, 0.6) is 0 Å². The van der Waals surface area contributed by atoms with E-state index in [1.54, 1.807) is 9.58 Å². The first-order valence-corrected chi connectivity index (χ1v) is 8.83. The van der Waals surface area contributed by atoms with Crippen molar-refractivity contribution in [3.63, 3.8) is 0 Å². The van der Waals surface area contributed by atoms with Crippen LogP contribution in [-0.2, 0) is 22.7 Å². The molecule has 1 fully saturated rings. The molecule has 1 saturated carbocycles. The minimum absolute atomic E-state index is 0.0235. The summed E-state index contributed by atoms with van der Waals surface area (Å²) in [7, 11) is 0. The van der Waals surface area contributed by atoms with E-state index in [0.717, 1.165) is 12.8 Å². The first kappa shape index (κ1) is 17.4. The molecule has 0 radical (unpaired) electrons. The van der Waals surface area contributed by atoms with Crippen LogP contribution in [0.25, 0.3) is 0 Å². The highest BCUT2D eigenvalue weighted by molar-refractivity contribution is 5.87. The smallest absolute Gasteiger partial charge is 0.243 e. The average molecular weight is 344 g/mol. The van der Waals surface area contributed by atoms with Gasteiger partial charge in [0.05, 0.1) is 25.1 Å². The Morgan fingerprint density at radius 1 is 1.36 bits per heavy atom. The Balaban J connectivity index is 1.87. The molecule has 25 heavy (non-hydrogen) atoms. The number of nitriles is 1. The summed E-state index contributed by atoms with van der Waals surface area (Å²) in [5, 5.41) is 16.7. The summed E-state index contributed by atoms with van der Waals surface area (Å²) < 4.78 is 1.69. The normalized spacial score (nSPS) is 22.2. The molecule has 2 amide bonds. The number of rotatable bonds is 3. The Hall–Kier alpha value is -2.43. The predicted octanol–water partition coefficient (Wildman–Crippen LogP) is 0.845. The first-order valence-electron chi connectivity index (χ1n) is 8.83. The molecule has 8 nitrogen and oxygen atoms in total. The van der Waals surface area contributed by atoms with Gasteiger partial charge < -0.3 is 10.2 Å². The van der Waals surface area contributed by atoms with Crippen molar-refractivity contribution in [2.75, 3.05) is 6.54 Å². The van der Waals surface area contributed by atoms with E-state index < -0.39 is 11.3 Å². The zero-order valence-electron chi connectivity index (χ0n) is 14.7. The van der Waals surface area contributed by atoms with Gasteiger partial charge in [-0.15, -0.1) is 0 Å². The number of hydrogen-bond donors (Lipinski definition) is 1. The highest BCUT2D eigenvalue weighted by Gasteiger charge is 2.45. The van der Waals surface area contributed by atoms with E-state index >= 15 is 0 Å². The summed E-state index contributed by atoms with van der Waals surface area (Å²) in [6, 6.07) is 2.28. The second kappa shape index (κ2) is 6.82. The quantitative estimate of drug-likeness (QED) is 0.875. The number of fused-ring (bicyclic) bond motifs is 1. The molecule has 8 heteroatoms. The van der Waals surface area contributed by atoms with Crippen molar-refractivity contribution in [1.82, 2.24) is 25.0 Å². The molecule has 1 atom stereocenters. The zero-order chi connectivity index (χ0) is 18.0. The van der Waals surface area contributed by atoms with Gasteiger partial charge in [0.25, 0.3) is 0 Å². The van der Waals surface area contributed by atoms with Gasteiger partial charge in [0, 0.05) is 12.6 Å². The summed E-state index contributed by atoms with van der Waals surface area (Å²) in [6.07, 6.45) is 4.40. The van der Waals surface area contributed by atoms with Gasteiger partial charge in [-0.25, -0.2) is 9.67 Å². The van der Waals surface area contributed by atoms with E-state index in [0.29, 0.717) is 25.2 Å². The molecule has 2 aliphatic rings. The molecule has 0 bridgehead atoms. The standard InChI is InChI=1S/C17H24N6O2/c1-12(2)21-15(24)13-7-22(9-14-19-11-20-23(14)8-13)16(25)17(10-18)5-3-4-6-17/h11-13H,3-9H2,1-2H3,(H,21,24). The van der Waals surface area contributed by atoms with Crippen molar-refractivity contribution in [3.8, 4) is 6.07 Å². The molecular formula is C17H24N6O2. The van der Waals surface area contributed by atoms with E-state index in [-0.39, 0.29) is 30.9 Å². The van der Waals surface area contributed by atoms with Gasteiger partial charge in [0.2, 0.25) is 11.8 Å². The lowest BCUT2D eigenvalue weighted by Gasteiger charge is -2.30. The number of nitrogens with one attached hydrogen (secondary N) is 1. The van der Waals surface area contributed by atoms with Crippen molar-refractivity contribution in [2.24, 2.45) is 11.3 Å². The van der Waals surface area contributed by atoms with Gasteiger partial charge in [-0.3, -0.25) is 9.59 Å². The summed E-state index contributed by atoms with van der Waals surface area (Å²) in [5.41, 5.74) is -0.950. The maximum Gasteiger partial charge on any atom is 0.243 e. The van der Waals surface area contributed by atoms with E-state index in [1.807, 2.05) is 13.8 Å². The average Bonchev–Trinajstić information content (AvgIpc) is 3.19. The highest BCUT2D eigenvalue weighted by Crippen LogP contribution is 2.39. The lowest BCUT2D eigenvalue weighted by molar-refractivity contribution is -0.141. The van der Waals surface area contributed by atoms with Gasteiger partial charge in [0.15, 0.2) is 0 Å². The number of carbonyl (C=O) groups is 2. The van der Waals surface area contributed by atoms with Crippen LogP contribution < -0.4 is 5.32 Å². The van der Waals surface area contributed by atoms with Gasteiger partial charge in [-0.2, -0.15) is 10.4 Å². The summed E-state index contributed by atoms with van der Waals surface area (Å²) in [6.45, 7) is 4.76. The molecule has 0 saturated heterocycles. The Morgan fingerprint density at radius 3 is 2.72 bits per heavy atom. The van der Waals surface area contributed by atoms with Gasteiger partial charge in [-0.05, 0) is 26.7 Å². The molecule has 1 N–H and O–H groups in total.